The molecule has 1 aromatic rings. The maximum absolute atomic E-state index is 3.89. The number of nitrogens with one attached hydrogen (secondary N) is 1. The van der Waals surface area contributed by atoms with E-state index in [1.807, 2.05) is 0 Å². The Balaban J connectivity index is 1.50. The first kappa shape index (κ1) is 11.3. The SMILES string of the molecule is c1ccc(CCC2CCC3CCCC3N2)cc1. The van der Waals surface area contributed by atoms with E-state index >= 15 is 0 Å². The average Bonchev–Trinajstić information content (AvgIpc) is 2.85. The molecule has 0 bridgehead atoms. The summed E-state index contributed by atoms with van der Waals surface area (Å²) in [6.07, 6.45) is 9.76. The Kier molecular flexibility index (Phi) is 3.46. The lowest BCUT2D eigenvalue weighted by Gasteiger charge is -2.33. The van der Waals surface area contributed by atoms with Crippen molar-refractivity contribution in [2.24, 2.45) is 5.92 Å². The third-order valence-corrected chi connectivity index (χ3v) is 4.62. The number of hydrogen-bond acceptors (Lipinski definition) is 1. The highest BCUT2D eigenvalue weighted by Gasteiger charge is 2.32. The first-order chi connectivity index (χ1) is 8.42. The molecule has 1 heteroatoms. The molecule has 3 unspecified atom stereocenters. The smallest absolute Gasteiger partial charge is 0.00979 e. The number of fused-ring (bicyclic) bond motifs is 1. The van der Waals surface area contributed by atoms with Crippen LogP contribution in [0.5, 0.6) is 0 Å². The van der Waals surface area contributed by atoms with E-state index in [0.717, 1.165) is 18.0 Å². The molecule has 0 radical (unpaired) electrons. The van der Waals surface area contributed by atoms with Gasteiger partial charge in [-0.2, -0.15) is 0 Å². The molecule has 3 atom stereocenters. The van der Waals surface area contributed by atoms with Crippen molar-refractivity contribution in [2.45, 2.75) is 57.0 Å². The van der Waals surface area contributed by atoms with Crippen molar-refractivity contribution in [1.82, 2.24) is 5.32 Å². The molecule has 0 amide bonds. The predicted molar refractivity (Wildman–Crippen MR) is 72.0 cm³/mol. The highest BCUT2D eigenvalue weighted by Crippen LogP contribution is 2.34. The molecule has 3 rings (SSSR count). The largest absolute Gasteiger partial charge is 0.311 e. The molecule has 1 aromatic carbocycles. The molecule has 17 heavy (non-hydrogen) atoms. The Hall–Kier alpha value is -0.820. The Morgan fingerprint density at radius 3 is 2.76 bits per heavy atom. The van der Waals surface area contributed by atoms with Crippen LogP contribution >= 0.6 is 0 Å². The summed E-state index contributed by atoms with van der Waals surface area (Å²) in [5, 5.41) is 3.89. The average molecular weight is 229 g/mol. The number of hydrogen-bond donors (Lipinski definition) is 1. The quantitative estimate of drug-likeness (QED) is 0.836. The summed E-state index contributed by atoms with van der Waals surface area (Å²) in [4.78, 5) is 0. The maximum Gasteiger partial charge on any atom is 0.00979 e. The summed E-state index contributed by atoms with van der Waals surface area (Å²) >= 11 is 0. The topological polar surface area (TPSA) is 12.0 Å². The van der Waals surface area contributed by atoms with Crippen LogP contribution in [-0.4, -0.2) is 12.1 Å². The summed E-state index contributed by atoms with van der Waals surface area (Å²) in [5.74, 6) is 1.00. The van der Waals surface area contributed by atoms with Gasteiger partial charge >= 0.3 is 0 Å². The van der Waals surface area contributed by atoms with Crippen LogP contribution in [0.3, 0.4) is 0 Å². The van der Waals surface area contributed by atoms with Gasteiger partial charge in [0, 0.05) is 12.1 Å². The van der Waals surface area contributed by atoms with Crippen molar-refractivity contribution in [3.63, 3.8) is 0 Å². The minimum atomic E-state index is 0.773. The molecule has 1 N–H and O–H groups in total. The van der Waals surface area contributed by atoms with Gasteiger partial charge < -0.3 is 5.32 Å². The molecule has 1 saturated heterocycles. The number of rotatable bonds is 3. The predicted octanol–water partition coefficient (Wildman–Crippen LogP) is 3.54. The lowest BCUT2D eigenvalue weighted by molar-refractivity contribution is 0.250. The van der Waals surface area contributed by atoms with Gasteiger partial charge in [-0.1, -0.05) is 36.8 Å². The van der Waals surface area contributed by atoms with E-state index in [4.69, 9.17) is 0 Å². The maximum atomic E-state index is 3.89. The zero-order chi connectivity index (χ0) is 11.5. The van der Waals surface area contributed by atoms with Gasteiger partial charge in [-0.25, -0.2) is 0 Å². The van der Waals surface area contributed by atoms with Crippen LogP contribution in [0.25, 0.3) is 0 Å². The minimum Gasteiger partial charge on any atom is -0.311 e. The second-order valence-corrected chi connectivity index (χ2v) is 5.76. The molecule has 2 aliphatic rings. The van der Waals surface area contributed by atoms with E-state index < -0.39 is 0 Å². The van der Waals surface area contributed by atoms with E-state index in [9.17, 15) is 0 Å². The number of benzene rings is 1. The molecule has 1 heterocycles. The Morgan fingerprint density at radius 1 is 1.00 bits per heavy atom. The van der Waals surface area contributed by atoms with Gasteiger partial charge in [0.15, 0.2) is 0 Å². The molecule has 2 fully saturated rings. The molecular formula is C16H23N. The molecule has 1 saturated carbocycles. The summed E-state index contributed by atoms with van der Waals surface area (Å²) in [6.45, 7) is 0. The summed E-state index contributed by atoms with van der Waals surface area (Å²) in [5.41, 5.74) is 1.49. The van der Waals surface area contributed by atoms with Gasteiger partial charge in [-0.15, -0.1) is 0 Å². The van der Waals surface area contributed by atoms with Crippen LogP contribution < -0.4 is 5.32 Å². The zero-order valence-corrected chi connectivity index (χ0v) is 10.6. The highest BCUT2D eigenvalue weighted by molar-refractivity contribution is 5.14. The fourth-order valence-electron chi connectivity index (χ4n) is 3.62. The van der Waals surface area contributed by atoms with Crippen LogP contribution in [0, 0.1) is 5.92 Å². The van der Waals surface area contributed by atoms with Crippen LogP contribution in [0.4, 0.5) is 0 Å². The van der Waals surface area contributed by atoms with E-state index in [-0.39, 0.29) is 0 Å². The molecular weight excluding hydrogens is 206 g/mol. The van der Waals surface area contributed by atoms with Crippen LogP contribution in [0.2, 0.25) is 0 Å². The van der Waals surface area contributed by atoms with Gasteiger partial charge in [0.1, 0.15) is 0 Å². The Bertz CT molecular complexity index is 346. The molecule has 92 valence electrons. The Morgan fingerprint density at radius 2 is 1.88 bits per heavy atom. The normalized spacial score (nSPS) is 32.4. The molecule has 1 aliphatic heterocycles. The van der Waals surface area contributed by atoms with Gasteiger partial charge in [-0.05, 0) is 50.0 Å². The van der Waals surface area contributed by atoms with Crippen molar-refractivity contribution in [2.75, 3.05) is 0 Å². The fourth-order valence-corrected chi connectivity index (χ4v) is 3.62. The van der Waals surface area contributed by atoms with Gasteiger partial charge in [0.25, 0.3) is 0 Å². The summed E-state index contributed by atoms with van der Waals surface area (Å²) < 4.78 is 0. The molecule has 0 spiro atoms. The van der Waals surface area contributed by atoms with Crippen molar-refractivity contribution in [3.05, 3.63) is 35.9 Å². The monoisotopic (exact) mass is 229 g/mol. The van der Waals surface area contributed by atoms with Gasteiger partial charge in [0.05, 0.1) is 0 Å². The first-order valence-corrected chi connectivity index (χ1v) is 7.22. The van der Waals surface area contributed by atoms with Crippen molar-refractivity contribution in [3.8, 4) is 0 Å². The minimum absolute atomic E-state index is 0.773. The zero-order valence-electron chi connectivity index (χ0n) is 10.6. The fraction of sp³-hybridized carbons (Fsp3) is 0.625. The summed E-state index contributed by atoms with van der Waals surface area (Å²) in [6, 6.07) is 12.5. The van der Waals surface area contributed by atoms with Crippen molar-refractivity contribution in [1.29, 1.82) is 0 Å². The van der Waals surface area contributed by atoms with Crippen LogP contribution in [0.1, 0.15) is 44.1 Å². The standard InChI is InChI=1S/C16H23N/c1-2-5-13(6-3-1)9-11-15-12-10-14-7-4-8-16(14)17-15/h1-3,5-6,14-17H,4,7-12H2. The van der Waals surface area contributed by atoms with Gasteiger partial charge in [-0.3, -0.25) is 0 Å². The molecule has 1 nitrogen and oxygen atoms in total. The second-order valence-electron chi connectivity index (χ2n) is 5.76. The lowest BCUT2D eigenvalue weighted by Crippen LogP contribution is -2.45. The van der Waals surface area contributed by atoms with E-state index in [0.29, 0.717) is 0 Å². The van der Waals surface area contributed by atoms with E-state index in [1.54, 1.807) is 0 Å². The van der Waals surface area contributed by atoms with Crippen molar-refractivity contribution < 1.29 is 0 Å². The Labute approximate surface area is 105 Å². The van der Waals surface area contributed by atoms with E-state index in [1.165, 1.54) is 50.5 Å². The number of piperidine rings is 1. The molecule has 1 aliphatic carbocycles. The first-order valence-electron chi connectivity index (χ1n) is 7.22. The third-order valence-electron chi connectivity index (χ3n) is 4.62. The van der Waals surface area contributed by atoms with Crippen LogP contribution in [0.15, 0.2) is 30.3 Å². The third kappa shape index (κ3) is 2.71. The van der Waals surface area contributed by atoms with Crippen LogP contribution in [-0.2, 0) is 6.42 Å². The van der Waals surface area contributed by atoms with E-state index in [2.05, 4.69) is 35.6 Å². The summed E-state index contributed by atoms with van der Waals surface area (Å²) in [7, 11) is 0. The van der Waals surface area contributed by atoms with Gasteiger partial charge in [0.2, 0.25) is 0 Å². The van der Waals surface area contributed by atoms with Crippen molar-refractivity contribution >= 4 is 0 Å². The second kappa shape index (κ2) is 5.22. The molecule has 0 aromatic heterocycles. The lowest BCUT2D eigenvalue weighted by atomic mass is 9.87. The number of aryl methyl sites for hydroxylation is 1. The highest BCUT2D eigenvalue weighted by atomic mass is 15.0.